The SMILES string of the molecule is CCCCCCCCCCCC/C=C/CC/C=C/CC/C=C/CCCC(O)C(O)C(CO)NC(=O)C(O)CCCCCCCCCCCCCCCCCC/C=C\C/C=C\CCCCCCCCCCCCCCC. The fourth-order valence-electron chi connectivity index (χ4n) is 10.2. The molecule has 0 bridgehead atoms. The normalized spacial score (nSPS) is 13.9. The molecule has 1 amide bonds. The minimum Gasteiger partial charge on any atom is -0.394 e. The Morgan fingerprint density at radius 3 is 0.920 bits per heavy atom. The predicted molar refractivity (Wildman–Crippen MR) is 330 cm³/mol. The van der Waals surface area contributed by atoms with Gasteiger partial charge in [0.1, 0.15) is 12.2 Å². The number of unbranched alkanes of at least 4 members (excludes halogenated alkanes) is 42. The topological polar surface area (TPSA) is 110 Å². The van der Waals surface area contributed by atoms with Crippen LogP contribution < -0.4 is 5.32 Å². The van der Waals surface area contributed by atoms with Gasteiger partial charge in [-0.15, -0.1) is 0 Å². The van der Waals surface area contributed by atoms with Gasteiger partial charge in [-0.05, 0) is 96.3 Å². The first kappa shape index (κ1) is 73.0. The lowest BCUT2D eigenvalue weighted by Crippen LogP contribution is -2.53. The predicted octanol–water partition coefficient (Wildman–Crippen LogP) is 20.3. The van der Waals surface area contributed by atoms with Crippen molar-refractivity contribution in [2.45, 2.75) is 366 Å². The number of nitrogens with one attached hydrogen (secondary N) is 1. The summed E-state index contributed by atoms with van der Waals surface area (Å²) in [5.41, 5.74) is 0. The molecule has 0 aliphatic carbocycles. The molecule has 0 saturated carbocycles. The molecule has 6 nitrogen and oxygen atoms in total. The summed E-state index contributed by atoms with van der Waals surface area (Å²) in [5.74, 6) is -0.597. The third kappa shape index (κ3) is 56.5. The molecule has 0 aliphatic heterocycles. The summed E-state index contributed by atoms with van der Waals surface area (Å²) in [6.07, 6.45) is 83.3. The lowest BCUT2D eigenvalue weighted by atomic mass is 10.00. The van der Waals surface area contributed by atoms with Crippen molar-refractivity contribution in [1.29, 1.82) is 0 Å². The molecule has 0 rings (SSSR count). The van der Waals surface area contributed by atoms with Crippen molar-refractivity contribution in [3.8, 4) is 0 Å². The summed E-state index contributed by atoms with van der Waals surface area (Å²) in [6.45, 7) is 4.07. The van der Waals surface area contributed by atoms with Gasteiger partial charge in [-0.3, -0.25) is 4.79 Å². The molecule has 0 heterocycles. The molecule has 4 unspecified atom stereocenters. The van der Waals surface area contributed by atoms with Crippen LogP contribution in [0.4, 0.5) is 0 Å². The van der Waals surface area contributed by atoms with Crippen LogP contribution in [0.2, 0.25) is 0 Å². The smallest absolute Gasteiger partial charge is 0.249 e. The Kier molecular flexibility index (Phi) is 61.2. The average Bonchev–Trinajstić information content (AvgIpc) is 3.42. The van der Waals surface area contributed by atoms with Gasteiger partial charge in [0.05, 0.1) is 18.8 Å². The molecule has 440 valence electrons. The van der Waals surface area contributed by atoms with Gasteiger partial charge in [-0.2, -0.15) is 0 Å². The fourth-order valence-corrected chi connectivity index (χ4v) is 10.2. The van der Waals surface area contributed by atoms with Gasteiger partial charge in [0.2, 0.25) is 5.91 Å². The zero-order valence-corrected chi connectivity index (χ0v) is 50.0. The second-order valence-electron chi connectivity index (χ2n) is 22.8. The molecule has 4 atom stereocenters. The van der Waals surface area contributed by atoms with Crippen LogP contribution >= 0.6 is 0 Å². The van der Waals surface area contributed by atoms with E-state index >= 15 is 0 Å². The van der Waals surface area contributed by atoms with E-state index in [0.29, 0.717) is 19.3 Å². The van der Waals surface area contributed by atoms with Crippen molar-refractivity contribution >= 4 is 5.91 Å². The first-order chi connectivity index (χ1) is 37.0. The Balaban J connectivity index is 3.62. The second-order valence-corrected chi connectivity index (χ2v) is 22.8. The maximum Gasteiger partial charge on any atom is 0.249 e. The van der Waals surface area contributed by atoms with Crippen LogP contribution in [0.5, 0.6) is 0 Å². The van der Waals surface area contributed by atoms with Crippen LogP contribution in [0, 0.1) is 0 Å². The lowest BCUT2D eigenvalue weighted by molar-refractivity contribution is -0.132. The third-order valence-corrected chi connectivity index (χ3v) is 15.4. The molecule has 0 spiro atoms. The first-order valence-corrected chi connectivity index (χ1v) is 33.2. The highest BCUT2D eigenvalue weighted by Crippen LogP contribution is 2.18. The van der Waals surface area contributed by atoms with Crippen molar-refractivity contribution in [3.05, 3.63) is 60.8 Å². The number of carbonyl (C=O) groups is 1. The number of amides is 1. The van der Waals surface area contributed by atoms with Gasteiger partial charge in [0, 0.05) is 0 Å². The van der Waals surface area contributed by atoms with Crippen LogP contribution in [-0.2, 0) is 4.79 Å². The highest BCUT2D eigenvalue weighted by atomic mass is 16.3. The monoisotopic (exact) mass is 1050 g/mol. The largest absolute Gasteiger partial charge is 0.394 e. The van der Waals surface area contributed by atoms with Gasteiger partial charge in [-0.25, -0.2) is 0 Å². The quantitative estimate of drug-likeness (QED) is 0.0308. The Bertz CT molecular complexity index is 1270. The fraction of sp³-hybridized carbons (Fsp3) is 0.841. The molecule has 0 saturated heterocycles. The van der Waals surface area contributed by atoms with Crippen LogP contribution in [0.1, 0.15) is 341 Å². The molecular weight excluding hydrogens is 923 g/mol. The van der Waals surface area contributed by atoms with E-state index in [0.717, 1.165) is 57.8 Å². The summed E-state index contributed by atoms with van der Waals surface area (Å²) in [4.78, 5) is 12.6. The molecule has 0 aromatic rings. The van der Waals surface area contributed by atoms with Crippen LogP contribution in [-0.4, -0.2) is 57.3 Å². The summed E-state index contributed by atoms with van der Waals surface area (Å²) >= 11 is 0. The molecular formula is C69H129NO5. The van der Waals surface area contributed by atoms with E-state index in [4.69, 9.17) is 0 Å². The molecule has 5 N–H and O–H groups in total. The third-order valence-electron chi connectivity index (χ3n) is 15.4. The standard InChI is InChI=1S/C69H129NO5/c1-3-5-7-9-11-13-15-17-19-21-23-25-27-28-29-30-31-32-33-34-35-36-37-38-39-41-43-45-47-49-51-53-55-57-59-61-63-67(73)69(75)70-65(64-71)68(74)66(72)62-60-58-56-54-52-50-48-46-44-42-40-26-24-22-20-18-16-14-12-10-8-6-4-2/h26,29-30,32-33,40,46,48,54,56,65-68,71-74H,3-25,27-28,31,34-39,41-45,47,49-53,55,57-64H2,1-2H3,(H,70,75)/b30-29-,33-32-,40-26+,48-46+,56-54+. The Morgan fingerprint density at radius 2 is 0.600 bits per heavy atom. The maximum atomic E-state index is 12.6. The summed E-state index contributed by atoms with van der Waals surface area (Å²) in [7, 11) is 0. The van der Waals surface area contributed by atoms with E-state index in [1.807, 2.05) is 0 Å². The minimum atomic E-state index is -1.30. The van der Waals surface area contributed by atoms with Gasteiger partial charge in [0.15, 0.2) is 0 Å². The van der Waals surface area contributed by atoms with Crippen molar-refractivity contribution in [2.24, 2.45) is 0 Å². The summed E-state index contributed by atoms with van der Waals surface area (Å²) in [6, 6.07) is -1.01. The van der Waals surface area contributed by atoms with Crippen molar-refractivity contribution in [3.63, 3.8) is 0 Å². The minimum absolute atomic E-state index is 0.358. The maximum absolute atomic E-state index is 12.6. The van der Waals surface area contributed by atoms with Crippen molar-refractivity contribution in [1.82, 2.24) is 5.32 Å². The van der Waals surface area contributed by atoms with Gasteiger partial charge in [0.25, 0.3) is 0 Å². The number of carbonyl (C=O) groups excluding carboxylic acids is 1. The van der Waals surface area contributed by atoms with E-state index < -0.39 is 36.9 Å². The molecule has 0 radical (unpaired) electrons. The zero-order chi connectivity index (χ0) is 54.4. The Hall–Kier alpha value is -1.99. The molecule has 0 aromatic heterocycles. The second kappa shape index (κ2) is 62.8. The van der Waals surface area contributed by atoms with Crippen molar-refractivity contribution in [2.75, 3.05) is 6.61 Å². The van der Waals surface area contributed by atoms with Crippen LogP contribution in [0.3, 0.4) is 0 Å². The van der Waals surface area contributed by atoms with Gasteiger partial charge >= 0.3 is 0 Å². The Labute approximate surface area is 467 Å². The number of aliphatic hydroxyl groups excluding tert-OH is 4. The number of allylic oxidation sites excluding steroid dienone is 10. The van der Waals surface area contributed by atoms with Gasteiger partial charge < -0.3 is 25.7 Å². The molecule has 6 heteroatoms. The van der Waals surface area contributed by atoms with E-state index in [-0.39, 0.29) is 0 Å². The number of aliphatic hydroxyl groups is 4. The zero-order valence-electron chi connectivity index (χ0n) is 50.0. The summed E-state index contributed by atoms with van der Waals surface area (Å²) in [5, 5.41) is 44.1. The molecule has 0 aromatic carbocycles. The van der Waals surface area contributed by atoms with E-state index in [9.17, 15) is 25.2 Å². The highest BCUT2D eigenvalue weighted by molar-refractivity contribution is 5.80. The van der Waals surface area contributed by atoms with Gasteiger partial charge in [-0.1, -0.05) is 306 Å². The van der Waals surface area contributed by atoms with Crippen molar-refractivity contribution < 1.29 is 25.2 Å². The Morgan fingerprint density at radius 1 is 0.333 bits per heavy atom. The average molecular weight is 1050 g/mol. The summed E-state index contributed by atoms with van der Waals surface area (Å²) < 4.78 is 0. The molecule has 0 aliphatic rings. The lowest BCUT2D eigenvalue weighted by Gasteiger charge is -2.27. The molecule has 0 fully saturated rings. The van der Waals surface area contributed by atoms with E-state index in [2.05, 4.69) is 79.9 Å². The number of rotatable bonds is 61. The number of hydrogen-bond acceptors (Lipinski definition) is 5. The van der Waals surface area contributed by atoms with Crippen LogP contribution in [0.15, 0.2) is 60.8 Å². The van der Waals surface area contributed by atoms with E-state index in [1.54, 1.807) is 0 Å². The first-order valence-electron chi connectivity index (χ1n) is 33.2. The number of hydrogen-bond donors (Lipinski definition) is 5. The molecule has 75 heavy (non-hydrogen) atoms. The highest BCUT2D eigenvalue weighted by Gasteiger charge is 2.28. The van der Waals surface area contributed by atoms with Crippen LogP contribution in [0.25, 0.3) is 0 Å². The van der Waals surface area contributed by atoms with E-state index in [1.165, 1.54) is 250 Å².